The number of ketones is 1. The van der Waals surface area contributed by atoms with E-state index >= 15 is 0 Å². The van der Waals surface area contributed by atoms with Gasteiger partial charge in [-0.3, -0.25) is 19.1 Å². The second-order valence-electron chi connectivity index (χ2n) is 4.34. The van der Waals surface area contributed by atoms with Crippen molar-refractivity contribution in [3.63, 3.8) is 0 Å². The number of nitrogens with zero attached hydrogens (tertiary/aromatic N) is 3. The minimum atomic E-state index is -0.373. The summed E-state index contributed by atoms with van der Waals surface area (Å²) in [7, 11) is 0. The second kappa shape index (κ2) is 8.62. The molecule has 0 atom stereocenters. The molecule has 114 valence electrons. The van der Waals surface area contributed by atoms with Crippen molar-refractivity contribution in [2.24, 2.45) is 0 Å². The van der Waals surface area contributed by atoms with E-state index in [0.29, 0.717) is 25.2 Å². The predicted octanol–water partition coefficient (Wildman–Crippen LogP) is -0.434. The van der Waals surface area contributed by atoms with Crippen LogP contribution in [0.1, 0.15) is 26.0 Å². The molecule has 8 heteroatoms. The first-order valence-electron chi connectivity index (χ1n) is 6.63. The Labute approximate surface area is 122 Å². The fraction of sp³-hybridized carbons (Fsp3) is 0.462. The van der Waals surface area contributed by atoms with Crippen LogP contribution >= 0.6 is 0 Å². The zero-order valence-electron chi connectivity index (χ0n) is 12.1. The molecule has 2 amide bonds. The van der Waals surface area contributed by atoms with Gasteiger partial charge in [-0.05, 0) is 19.9 Å². The zero-order chi connectivity index (χ0) is 15.7. The number of carbonyl (C=O) groups is 3. The van der Waals surface area contributed by atoms with Crippen LogP contribution in [0.4, 0.5) is 0 Å². The normalized spacial score (nSPS) is 10.6. The maximum atomic E-state index is 11.4. The van der Waals surface area contributed by atoms with Crippen LogP contribution in [-0.2, 0) is 27.5 Å². The number of allylic oxidation sites excluding steroid dienone is 1. The van der Waals surface area contributed by atoms with E-state index in [-0.39, 0.29) is 24.1 Å². The summed E-state index contributed by atoms with van der Waals surface area (Å²) in [5, 5.41) is 13.0. The SMILES string of the molecule is CCNC(=O)CCn1cc(CNC(=O)/C=C/C(C)=O)nn1. The fourth-order valence-corrected chi connectivity index (χ4v) is 1.46. The van der Waals surface area contributed by atoms with Gasteiger partial charge in [0.25, 0.3) is 0 Å². The topological polar surface area (TPSA) is 106 Å². The molecule has 21 heavy (non-hydrogen) atoms. The Kier molecular flexibility index (Phi) is 6.79. The summed E-state index contributed by atoms with van der Waals surface area (Å²) in [6.07, 6.45) is 4.35. The molecule has 0 spiro atoms. The lowest BCUT2D eigenvalue weighted by molar-refractivity contribution is -0.121. The van der Waals surface area contributed by atoms with E-state index in [1.807, 2.05) is 6.92 Å². The monoisotopic (exact) mass is 293 g/mol. The lowest BCUT2D eigenvalue weighted by Crippen LogP contribution is -2.23. The van der Waals surface area contributed by atoms with Crippen LogP contribution < -0.4 is 10.6 Å². The predicted molar refractivity (Wildman–Crippen MR) is 75.0 cm³/mol. The first kappa shape index (κ1) is 16.5. The Hall–Kier alpha value is -2.51. The Bertz CT molecular complexity index is 536. The number of amides is 2. The van der Waals surface area contributed by atoms with Crippen LogP contribution in [0.15, 0.2) is 18.3 Å². The van der Waals surface area contributed by atoms with Gasteiger partial charge in [0.15, 0.2) is 5.78 Å². The van der Waals surface area contributed by atoms with Crippen molar-refractivity contribution in [2.45, 2.75) is 33.4 Å². The molecule has 1 rings (SSSR count). The zero-order valence-corrected chi connectivity index (χ0v) is 12.1. The number of nitrogens with one attached hydrogen (secondary N) is 2. The van der Waals surface area contributed by atoms with Crippen molar-refractivity contribution in [1.29, 1.82) is 0 Å². The van der Waals surface area contributed by atoms with Crippen molar-refractivity contribution in [3.05, 3.63) is 24.0 Å². The van der Waals surface area contributed by atoms with Gasteiger partial charge in [-0.2, -0.15) is 0 Å². The largest absolute Gasteiger partial charge is 0.356 e. The summed E-state index contributed by atoms with van der Waals surface area (Å²) in [4.78, 5) is 33.3. The standard InChI is InChI=1S/C13H19N5O3/c1-3-14-13(21)6-7-18-9-11(16-17-18)8-15-12(20)5-4-10(2)19/h4-5,9H,3,6-8H2,1-2H3,(H,14,21)(H,15,20)/b5-4+. The van der Waals surface area contributed by atoms with Gasteiger partial charge >= 0.3 is 0 Å². The molecule has 0 unspecified atom stereocenters. The number of hydrogen-bond acceptors (Lipinski definition) is 5. The fourth-order valence-electron chi connectivity index (χ4n) is 1.46. The molecule has 0 aromatic carbocycles. The van der Waals surface area contributed by atoms with Gasteiger partial charge in [-0.25, -0.2) is 0 Å². The lowest BCUT2D eigenvalue weighted by Gasteiger charge is -2.01. The number of aryl methyl sites for hydroxylation is 1. The summed E-state index contributed by atoms with van der Waals surface area (Å²) >= 11 is 0. The molecule has 0 radical (unpaired) electrons. The molecular weight excluding hydrogens is 274 g/mol. The van der Waals surface area contributed by atoms with Gasteiger partial charge in [0.05, 0.1) is 19.3 Å². The van der Waals surface area contributed by atoms with Crippen LogP contribution in [0.5, 0.6) is 0 Å². The van der Waals surface area contributed by atoms with Crippen molar-refractivity contribution >= 4 is 17.6 Å². The van der Waals surface area contributed by atoms with Crippen LogP contribution in [0.3, 0.4) is 0 Å². The van der Waals surface area contributed by atoms with Crippen molar-refractivity contribution < 1.29 is 14.4 Å². The van der Waals surface area contributed by atoms with Crippen LogP contribution in [0.2, 0.25) is 0 Å². The van der Waals surface area contributed by atoms with E-state index in [1.54, 1.807) is 10.9 Å². The van der Waals surface area contributed by atoms with Gasteiger partial charge in [0.1, 0.15) is 5.69 Å². The molecule has 0 fully saturated rings. The van der Waals surface area contributed by atoms with E-state index < -0.39 is 0 Å². The summed E-state index contributed by atoms with van der Waals surface area (Å²) in [6.45, 7) is 4.46. The second-order valence-corrected chi connectivity index (χ2v) is 4.34. The quantitative estimate of drug-likeness (QED) is 0.632. The maximum Gasteiger partial charge on any atom is 0.244 e. The number of aromatic nitrogens is 3. The smallest absolute Gasteiger partial charge is 0.244 e. The van der Waals surface area contributed by atoms with E-state index in [0.717, 1.165) is 0 Å². The van der Waals surface area contributed by atoms with E-state index in [4.69, 9.17) is 0 Å². The summed E-state index contributed by atoms with van der Waals surface area (Å²) in [5.74, 6) is -0.610. The molecular formula is C13H19N5O3. The third-order valence-electron chi connectivity index (χ3n) is 2.44. The molecule has 0 saturated heterocycles. The third-order valence-corrected chi connectivity index (χ3v) is 2.44. The van der Waals surface area contributed by atoms with Crippen molar-refractivity contribution in [3.8, 4) is 0 Å². The summed E-state index contributed by atoms with van der Waals surface area (Å²) in [5.41, 5.74) is 0.579. The average Bonchev–Trinajstić information content (AvgIpc) is 2.89. The summed E-state index contributed by atoms with van der Waals surface area (Å²) in [6, 6.07) is 0. The lowest BCUT2D eigenvalue weighted by atomic mass is 10.3. The van der Waals surface area contributed by atoms with Crippen LogP contribution in [0, 0.1) is 0 Å². The minimum Gasteiger partial charge on any atom is -0.356 e. The third kappa shape index (κ3) is 7.00. The average molecular weight is 293 g/mol. The van der Waals surface area contributed by atoms with Crippen LogP contribution in [0.25, 0.3) is 0 Å². The first-order valence-corrected chi connectivity index (χ1v) is 6.63. The van der Waals surface area contributed by atoms with E-state index in [2.05, 4.69) is 20.9 Å². The molecule has 0 aliphatic rings. The van der Waals surface area contributed by atoms with Crippen molar-refractivity contribution in [2.75, 3.05) is 6.54 Å². The van der Waals surface area contributed by atoms with Crippen molar-refractivity contribution in [1.82, 2.24) is 25.6 Å². The Morgan fingerprint density at radius 1 is 1.29 bits per heavy atom. The number of hydrogen-bond donors (Lipinski definition) is 2. The highest BCUT2D eigenvalue weighted by Crippen LogP contribution is 1.95. The Morgan fingerprint density at radius 2 is 2.05 bits per heavy atom. The molecule has 0 saturated carbocycles. The molecule has 1 heterocycles. The van der Waals surface area contributed by atoms with Gasteiger partial charge in [-0.1, -0.05) is 5.21 Å². The number of rotatable bonds is 8. The van der Waals surface area contributed by atoms with E-state index in [9.17, 15) is 14.4 Å². The highest BCUT2D eigenvalue weighted by Gasteiger charge is 2.04. The Balaban J connectivity index is 2.36. The molecule has 2 N–H and O–H groups in total. The van der Waals surface area contributed by atoms with E-state index in [1.165, 1.54) is 19.1 Å². The molecule has 1 aromatic heterocycles. The maximum absolute atomic E-state index is 11.4. The highest BCUT2D eigenvalue weighted by atomic mass is 16.2. The molecule has 8 nitrogen and oxygen atoms in total. The van der Waals surface area contributed by atoms with Crippen LogP contribution in [-0.4, -0.2) is 39.1 Å². The van der Waals surface area contributed by atoms with Gasteiger partial charge in [0, 0.05) is 19.0 Å². The molecule has 0 bridgehead atoms. The van der Waals surface area contributed by atoms with Gasteiger partial charge in [-0.15, -0.1) is 5.10 Å². The first-order chi connectivity index (χ1) is 10.0. The molecule has 0 aliphatic carbocycles. The summed E-state index contributed by atoms with van der Waals surface area (Å²) < 4.78 is 1.54. The van der Waals surface area contributed by atoms with Gasteiger partial charge in [0.2, 0.25) is 11.8 Å². The van der Waals surface area contributed by atoms with Gasteiger partial charge < -0.3 is 10.6 Å². The molecule has 0 aliphatic heterocycles. The Morgan fingerprint density at radius 3 is 2.71 bits per heavy atom. The molecule has 1 aromatic rings. The highest BCUT2D eigenvalue weighted by molar-refractivity contribution is 5.96. The minimum absolute atomic E-state index is 0.0442. The number of carbonyl (C=O) groups excluding carboxylic acids is 3.